The molecule has 0 saturated heterocycles. The van der Waals surface area contributed by atoms with Crippen LogP contribution in [-0.2, 0) is 9.59 Å². The van der Waals surface area contributed by atoms with Gasteiger partial charge in [0.1, 0.15) is 0 Å². The minimum absolute atomic E-state index is 0.0287. The van der Waals surface area contributed by atoms with Crippen molar-refractivity contribution in [3.8, 4) is 0 Å². The third kappa shape index (κ3) is 3.76. The van der Waals surface area contributed by atoms with Crippen LogP contribution in [0.2, 0.25) is 5.02 Å². The van der Waals surface area contributed by atoms with E-state index in [9.17, 15) is 9.59 Å². The Balaban J connectivity index is 2.02. The molecule has 0 aromatic heterocycles. The van der Waals surface area contributed by atoms with Crippen molar-refractivity contribution in [2.75, 3.05) is 0 Å². The molecule has 1 atom stereocenters. The van der Waals surface area contributed by atoms with Crippen molar-refractivity contribution in [3.05, 3.63) is 34.9 Å². The smallest absolute Gasteiger partial charge is 0.306 e. The fraction of sp³-hybridized carbons (Fsp3) is 0.500. The number of carbonyl (C=O) groups is 2. The lowest BCUT2D eigenvalue weighted by atomic mass is 9.79. The highest BCUT2D eigenvalue weighted by atomic mass is 35.5. The van der Waals surface area contributed by atoms with Gasteiger partial charge >= 0.3 is 5.97 Å². The van der Waals surface area contributed by atoms with Gasteiger partial charge in [-0.05, 0) is 36.5 Å². The normalized spacial score (nSPS) is 22.5. The van der Waals surface area contributed by atoms with Gasteiger partial charge in [-0.25, -0.2) is 0 Å². The van der Waals surface area contributed by atoms with Gasteiger partial charge in [-0.15, -0.1) is 0 Å². The lowest BCUT2D eigenvalue weighted by Gasteiger charge is -2.34. The predicted octanol–water partition coefficient (Wildman–Crippen LogP) is 3.06. The van der Waals surface area contributed by atoms with Crippen LogP contribution in [0.3, 0.4) is 0 Å². The molecule has 0 aliphatic heterocycles. The molecule has 1 fully saturated rings. The second-order valence-corrected chi connectivity index (χ2v) is 6.43. The maximum atomic E-state index is 12.5. The van der Waals surface area contributed by atoms with Gasteiger partial charge in [-0.3, -0.25) is 9.59 Å². The highest BCUT2D eigenvalue weighted by Gasteiger charge is 2.37. The number of hydrogen-bond acceptors (Lipinski definition) is 2. The summed E-state index contributed by atoms with van der Waals surface area (Å²) in [6, 6.07) is 7.30. The maximum Gasteiger partial charge on any atom is 0.306 e. The van der Waals surface area contributed by atoms with E-state index >= 15 is 0 Å². The van der Waals surface area contributed by atoms with E-state index in [1.165, 1.54) is 0 Å². The Hall–Kier alpha value is -1.55. The molecule has 4 nitrogen and oxygen atoms in total. The molecule has 2 N–H and O–H groups in total. The Morgan fingerprint density at radius 3 is 2.52 bits per heavy atom. The van der Waals surface area contributed by atoms with Crippen LogP contribution in [0.15, 0.2) is 24.3 Å². The third-order valence-corrected chi connectivity index (χ3v) is 4.23. The van der Waals surface area contributed by atoms with E-state index in [0.717, 1.165) is 5.56 Å². The van der Waals surface area contributed by atoms with Crippen molar-refractivity contribution in [1.29, 1.82) is 0 Å². The topological polar surface area (TPSA) is 66.4 Å². The van der Waals surface area contributed by atoms with Crippen molar-refractivity contribution in [2.24, 2.45) is 11.8 Å². The number of hydrogen-bond donors (Lipinski definition) is 2. The lowest BCUT2D eigenvalue weighted by molar-refractivity contribution is -0.146. The van der Waals surface area contributed by atoms with E-state index in [1.54, 1.807) is 6.07 Å². The molecule has 1 aromatic rings. The molecule has 5 heteroatoms. The number of halogens is 1. The Kier molecular flexibility index (Phi) is 4.88. The maximum absolute atomic E-state index is 12.5. The summed E-state index contributed by atoms with van der Waals surface area (Å²) >= 11 is 6.00. The van der Waals surface area contributed by atoms with Gasteiger partial charge in [0.15, 0.2) is 0 Å². The minimum atomic E-state index is -0.782. The molecule has 1 amide bonds. The molecule has 1 saturated carbocycles. The number of carboxylic acids is 1. The van der Waals surface area contributed by atoms with Crippen LogP contribution in [-0.4, -0.2) is 23.0 Å². The van der Waals surface area contributed by atoms with E-state index < -0.39 is 5.97 Å². The number of amides is 1. The molecule has 21 heavy (non-hydrogen) atoms. The Labute approximate surface area is 129 Å². The quantitative estimate of drug-likeness (QED) is 0.878. The predicted molar refractivity (Wildman–Crippen MR) is 81.3 cm³/mol. The van der Waals surface area contributed by atoms with Crippen LogP contribution >= 0.6 is 11.6 Å². The SMILES string of the molecule is CC(C)C(C(=O)NC1CC(C(=O)O)C1)c1cccc(Cl)c1. The summed E-state index contributed by atoms with van der Waals surface area (Å²) in [6.07, 6.45) is 1.03. The number of nitrogens with one attached hydrogen (secondary N) is 1. The second kappa shape index (κ2) is 6.48. The zero-order valence-corrected chi connectivity index (χ0v) is 12.9. The van der Waals surface area contributed by atoms with Gasteiger partial charge in [0.05, 0.1) is 11.8 Å². The summed E-state index contributed by atoms with van der Waals surface area (Å²) in [6.45, 7) is 3.98. The number of carbonyl (C=O) groups excluding carboxylic acids is 1. The monoisotopic (exact) mass is 309 g/mol. The summed E-state index contributed by atoms with van der Waals surface area (Å²) in [7, 11) is 0. The van der Waals surface area contributed by atoms with Crippen LogP contribution in [0.25, 0.3) is 0 Å². The summed E-state index contributed by atoms with van der Waals surface area (Å²) in [4.78, 5) is 23.3. The standard InChI is InChI=1S/C16H20ClNO3/c1-9(2)14(10-4-3-5-12(17)6-10)15(19)18-13-7-11(8-13)16(20)21/h3-6,9,11,13-14H,7-8H2,1-2H3,(H,18,19)(H,20,21). The number of rotatable bonds is 5. The van der Waals surface area contributed by atoms with E-state index in [-0.39, 0.29) is 29.7 Å². The zero-order valence-electron chi connectivity index (χ0n) is 12.2. The summed E-state index contributed by atoms with van der Waals surface area (Å²) < 4.78 is 0. The molecule has 0 radical (unpaired) electrons. The fourth-order valence-electron chi connectivity index (χ4n) is 2.77. The molecule has 0 bridgehead atoms. The molecule has 0 heterocycles. The van der Waals surface area contributed by atoms with E-state index in [0.29, 0.717) is 17.9 Å². The van der Waals surface area contributed by atoms with Gasteiger partial charge < -0.3 is 10.4 Å². The van der Waals surface area contributed by atoms with Crippen molar-refractivity contribution in [3.63, 3.8) is 0 Å². The van der Waals surface area contributed by atoms with Gasteiger partial charge in [0.2, 0.25) is 5.91 Å². The van der Waals surface area contributed by atoms with Crippen LogP contribution < -0.4 is 5.32 Å². The summed E-state index contributed by atoms with van der Waals surface area (Å²) in [5.41, 5.74) is 0.893. The zero-order chi connectivity index (χ0) is 15.6. The third-order valence-electron chi connectivity index (χ3n) is 3.99. The van der Waals surface area contributed by atoms with Crippen molar-refractivity contribution < 1.29 is 14.7 Å². The van der Waals surface area contributed by atoms with Crippen LogP contribution in [0.1, 0.15) is 38.2 Å². The minimum Gasteiger partial charge on any atom is -0.481 e. The van der Waals surface area contributed by atoms with Crippen LogP contribution in [0.5, 0.6) is 0 Å². The first kappa shape index (κ1) is 15.8. The van der Waals surface area contributed by atoms with Gasteiger partial charge in [0, 0.05) is 11.1 Å². The average molecular weight is 310 g/mol. The molecule has 2 rings (SSSR count). The Morgan fingerprint density at radius 2 is 2.00 bits per heavy atom. The van der Waals surface area contributed by atoms with Crippen LogP contribution in [0, 0.1) is 11.8 Å². The molecular formula is C16H20ClNO3. The van der Waals surface area contributed by atoms with Crippen LogP contribution in [0.4, 0.5) is 0 Å². The number of carboxylic acid groups (broad SMARTS) is 1. The highest BCUT2D eigenvalue weighted by molar-refractivity contribution is 6.30. The lowest BCUT2D eigenvalue weighted by Crippen LogP contribution is -2.48. The Bertz CT molecular complexity index is 538. The molecular weight excluding hydrogens is 290 g/mol. The average Bonchev–Trinajstić information content (AvgIpc) is 2.32. The number of aliphatic carboxylic acids is 1. The molecule has 1 unspecified atom stereocenters. The Morgan fingerprint density at radius 1 is 1.33 bits per heavy atom. The van der Waals surface area contributed by atoms with Crippen molar-refractivity contribution in [2.45, 2.75) is 38.6 Å². The van der Waals surface area contributed by atoms with E-state index in [1.807, 2.05) is 32.0 Å². The first-order valence-electron chi connectivity index (χ1n) is 7.17. The molecule has 0 spiro atoms. The highest BCUT2D eigenvalue weighted by Crippen LogP contribution is 2.31. The fourth-order valence-corrected chi connectivity index (χ4v) is 2.97. The van der Waals surface area contributed by atoms with Gasteiger partial charge in [0.25, 0.3) is 0 Å². The molecule has 114 valence electrons. The number of benzene rings is 1. The van der Waals surface area contributed by atoms with Gasteiger partial charge in [-0.2, -0.15) is 0 Å². The summed E-state index contributed by atoms with van der Waals surface area (Å²) in [5.74, 6) is -1.29. The van der Waals surface area contributed by atoms with Gasteiger partial charge in [-0.1, -0.05) is 37.6 Å². The van der Waals surface area contributed by atoms with E-state index in [2.05, 4.69) is 5.32 Å². The summed E-state index contributed by atoms with van der Waals surface area (Å²) in [5, 5.41) is 12.4. The molecule has 1 aliphatic carbocycles. The second-order valence-electron chi connectivity index (χ2n) is 5.99. The van der Waals surface area contributed by atoms with E-state index in [4.69, 9.17) is 16.7 Å². The first-order valence-corrected chi connectivity index (χ1v) is 7.55. The molecule has 1 aromatic carbocycles. The largest absolute Gasteiger partial charge is 0.481 e. The first-order chi connectivity index (χ1) is 9.88. The van der Waals surface area contributed by atoms with Crippen molar-refractivity contribution in [1.82, 2.24) is 5.32 Å². The molecule has 1 aliphatic rings. The van der Waals surface area contributed by atoms with Crippen molar-refractivity contribution >= 4 is 23.5 Å².